The van der Waals surface area contributed by atoms with Crippen LogP contribution in [0.2, 0.25) is 5.02 Å². The highest BCUT2D eigenvalue weighted by molar-refractivity contribution is 6.31. The molecule has 1 saturated heterocycles. The van der Waals surface area contributed by atoms with Crippen molar-refractivity contribution in [1.82, 2.24) is 9.80 Å². The summed E-state index contributed by atoms with van der Waals surface area (Å²) in [5.74, 6) is -0.353. The van der Waals surface area contributed by atoms with Crippen LogP contribution in [0.1, 0.15) is 30.0 Å². The molecule has 2 aromatic carbocycles. The summed E-state index contributed by atoms with van der Waals surface area (Å²) in [7, 11) is 0. The molecule has 3 rings (SSSR count). The number of anilines is 1. The molecular formula is C23H25ClF3N3O2. The lowest BCUT2D eigenvalue weighted by molar-refractivity contribution is -0.138. The van der Waals surface area contributed by atoms with Gasteiger partial charge in [-0.1, -0.05) is 23.7 Å². The number of hydrogen-bond acceptors (Lipinski definition) is 3. The molecule has 0 unspecified atom stereocenters. The third-order valence-corrected chi connectivity index (χ3v) is 5.71. The molecular weight excluding hydrogens is 443 g/mol. The van der Waals surface area contributed by atoms with Gasteiger partial charge in [-0.15, -0.1) is 0 Å². The van der Waals surface area contributed by atoms with E-state index < -0.39 is 11.7 Å². The number of nitrogens with one attached hydrogen (secondary N) is 1. The summed E-state index contributed by atoms with van der Waals surface area (Å²) in [6.45, 7) is 4.69. The summed E-state index contributed by atoms with van der Waals surface area (Å²) in [5, 5.41) is 2.89. The Hall–Kier alpha value is -2.58. The Balaban J connectivity index is 1.57. The molecule has 1 fully saturated rings. The van der Waals surface area contributed by atoms with E-state index in [2.05, 4.69) is 10.2 Å². The molecule has 1 heterocycles. The van der Waals surface area contributed by atoms with E-state index in [0.29, 0.717) is 26.2 Å². The van der Waals surface area contributed by atoms with Crippen molar-refractivity contribution < 1.29 is 22.8 Å². The topological polar surface area (TPSA) is 52.7 Å². The summed E-state index contributed by atoms with van der Waals surface area (Å²) in [4.78, 5) is 27.8. The highest BCUT2D eigenvalue weighted by Gasteiger charge is 2.31. The molecule has 1 aliphatic rings. The summed E-state index contributed by atoms with van der Waals surface area (Å²) in [6, 6.07) is 10.7. The second-order valence-corrected chi connectivity index (χ2v) is 8.28. The third kappa shape index (κ3) is 6.71. The maximum atomic E-state index is 13.0. The second kappa shape index (κ2) is 10.4. The molecule has 2 amide bonds. The van der Waals surface area contributed by atoms with Crippen LogP contribution in [-0.2, 0) is 28.7 Å². The largest absolute Gasteiger partial charge is 0.416 e. The Bertz CT molecular complexity index is 964. The number of amides is 2. The monoisotopic (exact) mass is 467 g/mol. The fraction of sp³-hybridized carbons (Fsp3) is 0.391. The van der Waals surface area contributed by atoms with Crippen molar-refractivity contribution in [3.8, 4) is 0 Å². The summed E-state index contributed by atoms with van der Waals surface area (Å²) in [6.07, 6.45) is -3.87. The van der Waals surface area contributed by atoms with E-state index in [9.17, 15) is 22.8 Å². The van der Waals surface area contributed by atoms with Crippen LogP contribution in [0, 0.1) is 0 Å². The van der Waals surface area contributed by atoms with E-state index >= 15 is 0 Å². The van der Waals surface area contributed by atoms with Gasteiger partial charge in [-0.2, -0.15) is 13.2 Å². The highest BCUT2D eigenvalue weighted by atomic mass is 35.5. The van der Waals surface area contributed by atoms with E-state index in [1.54, 1.807) is 4.90 Å². The lowest BCUT2D eigenvalue weighted by atomic mass is 10.1. The molecule has 0 atom stereocenters. The van der Waals surface area contributed by atoms with Crippen LogP contribution in [0.3, 0.4) is 0 Å². The van der Waals surface area contributed by atoms with Crippen molar-refractivity contribution in [3.63, 3.8) is 0 Å². The van der Waals surface area contributed by atoms with E-state index in [-0.39, 0.29) is 28.8 Å². The number of carbonyl (C=O) groups is 2. The molecule has 172 valence electrons. The molecule has 0 spiro atoms. The van der Waals surface area contributed by atoms with Crippen LogP contribution in [0.25, 0.3) is 0 Å². The predicted octanol–water partition coefficient (Wildman–Crippen LogP) is 4.59. The minimum atomic E-state index is -4.48. The smallest absolute Gasteiger partial charge is 0.341 e. The van der Waals surface area contributed by atoms with E-state index in [0.717, 1.165) is 36.3 Å². The Labute approximate surface area is 190 Å². The average Bonchev–Trinajstić information content (AvgIpc) is 2.95. The van der Waals surface area contributed by atoms with E-state index in [1.807, 2.05) is 24.3 Å². The maximum Gasteiger partial charge on any atom is 0.416 e. The number of hydrogen-bond donors (Lipinski definition) is 1. The van der Waals surface area contributed by atoms with Gasteiger partial charge in [0.25, 0.3) is 0 Å². The van der Waals surface area contributed by atoms with Gasteiger partial charge in [0, 0.05) is 50.4 Å². The number of carbonyl (C=O) groups excluding carboxylic acids is 2. The normalized spacial score (nSPS) is 15.3. The Morgan fingerprint density at radius 1 is 1.03 bits per heavy atom. The Morgan fingerprint density at radius 3 is 2.41 bits per heavy atom. The standard InChI is InChI=1S/C23H25ClF3N3O2/c1-16(31)28-20-6-3-17(4-7-20)15-29-9-2-10-30(12-11-29)22(32)14-18-13-19(23(25,26)27)5-8-21(18)24/h3-8,13H,2,9-12,14-15H2,1H3,(H,28,31). The summed E-state index contributed by atoms with van der Waals surface area (Å²) in [5.41, 5.74) is 1.21. The zero-order chi connectivity index (χ0) is 23.3. The fourth-order valence-corrected chi connectivity index (χ4v) is 3.88. The molecule has 32 heavy (non-hydrogen) atoms. The average molecular weight is 468 g/mol. The Morgan fingerprint density at radius 2 is 1.75 bits per heavy atom. The number of nitrogens with zero attached hydrogens (tertiary/aromatic N) is 2. The number of halogens is 4. The fourth-order valence-electron chi connectivity index (χ4n) is 3.69. The van der Waals surface area contributed by atoms with Crippen molar-refractivity contribution in [3.05, 3.63) is 64.2 Å². The van der Waals surface area contributed by atoms with Crippen LogP contribution in [0.5, 0.6) is 0 Å². The minimum Gasteiger partial charge on any atom is -0.341 e. The molecule has 1 N–H and O–H groups in total. The van der Waals surface area contributed by atoms with Crippen LogP contribution in [0.4, 0.5) is 18.9 Å². The zero-order valence-electron chi connectivity index (χ0n) is 17.7. The zero-order valence-corrected chi connectivity index (χ0v) is 18.5. The summed E-state index contributed by atoms with van der Waals surface area (Å²) < 4.78 is 38.9. The van der Waals surface area contributed by atoms with E-state index in [1.165, 1.54) is 13.0 Å². The molecule has 1 aliphatic heterocycles. The first kappa shape index (κ1) is 24.1. The van der Waals surface area contributed by atoms with Gasteiger partial charge < -0.3 is 10.2 Å². The molecule has 0 aliphatic carbocycles. The van der Waals surface area contributed by atoms with Crippen LogP contribution >= 0.6 is 11.6 Å². The van der Waals surface area contributed by atoms with Gasteiger partial charge >= 0.3 is 6.18 Å². The molecule has 0 bridgehead atoms. The second-order valence-electron chi connectivity index (χ2n) is 7.87. The van der Waals surface area contributed by atoms with Gasteiger partial charge in [0.15, 0.2) is 0 Å². The van der Waals surface area contributed by atoms with Gasteiger partial charge in [-0.05, 0) is 47.9 Å². The lowest BCUT2D eigenvalue weighted by Crippen LogP contribution is -2.36. The van der Waals surface area contributed by atoms with Crippen molar-refractivity contribution >= 4 is 29.1 Å². The van der Waals surface area contributed by atoms with Gasteiger partial charge in [0.2, 0.25) is 11.8 Å². The first-order chi connectivity index (χ1) is 15.1. The molecule has 0 aromatic heterocycles. The van der Waals surface area contributed by atoms with Gasteiger partial charge in [0.05, 0.1) is 12.0 Å². The first-order valence-electron chi connectivity index (χ1n) is 10.3. The third-order valence-electron chi connectivity index (χ3n) is 5.34. The molecule has 9 heteroatoms. The predicted molar refractivity (Wildman–Crippen MR) is 117 cm³/mol. The van der Waals surface area contributed by atoms with Crippen molar-refractivity contribution in [2.24, 2.45) is 0 Å². The summed E-state index contributed by atoms with van der Waals surface area (Å²) >= 11 is 6.04. The molecule has 0 saturated carbocycles. The molecule has 5 nitrogen and oxygen atoms in total. The van der Waals surface area contributed by atoms with Crippen molar-refractivity contribution in [2.45, 2.75) is 32.5 Å². The van der Waals surface area contributed by atoms with Crippen molar-refractivity contribution in [1.29, 1.82) is 0 Å². The SMILES string of the molecule is CC(=O)Nc1ccc(CN2CCCN(C(=O)Cc3cc(C(F)(F)F)ccc3Cl)CC2)cc1. The van der Waals surface area contributed by atoms with Crippen LogP contribution in [0.15, 0.2) is 42.5 Å². The molecule has 2 aromatic rings. The number of benzene rings is 2. The quantitative estimate of drug-likeness (QED) is 0.699. The van der Waals surface area contributed by atoms with Gasteiger partial charge in [-0.25, -0.2) is 0 Å². The van der Waals surface area contributed by atoms with Crippen LogP contribution < -0.4 is 5.32 Å². The van der Waals surface area contributed by atoms with Crippen molar-refractivity contribution in [2.75, 3.05) is 31.5 Å². The van der Waals surface area contributed by atoms with Crippen LogP contribution in [-0.4, -0.2) is 47.8 Å². The number of alkyl halides is 3. The minimum absolute atomic E-state index is 0.124. The first-order valence-corrected chi connectivity index (χ1v) is 10.7. The van der Waals surface area contributed by atoms with Gasteiger partial charge in [0.1, 0.15) is 0 Å². The highest BCUT2D eigenvalue weighted by Crippen LogP contribution is 2.32. The van der Waals surface area contributed by atoms with Gasteiger partial charge in [-0.3, -0.25) is 14.5 Å². The lowest BCUT2D eigenvalue weighted by Gasteiger charge is -2.22. The number of rotatable bonds is 5. The Kier molecular flexibility index (Phi) is 7.79. The van der Waals surface area contributed by atoms with E-state index in [4.69, 9.17) is 11.6 Å². The molecule has 0 radical (unpaired) electrons. The maximum absolute atomic E-state index is 13.0.